The maximum atomic E-state index is 12.5. The lowest BCUT2D eigenvalue weighted by molar-refractivity contribution is -0.119. The minimum Gasteiger partial charge on any atom is -0.483 e. The number of ether oxygens (including phenoxy) is 2. The highest BCUT2D eigenvalue weighted by Crippen LogP contribution is 2.24. The molecule has 144 valence electrons. The van der Waals surface area contributed by atoms with Gasteiger partial charge in [-0.3, -0.25) is 4.79 Å². The predicted molar refractivity (Wildman–Crippen MR) is 102 cm³/mol. The summed E-state index contributed by atoms with van der Waals surface area (Å²) in [5, 5.41) is 0.703. The molecule has 0 aliphatic carbocycles. The van der Waals surface area contributed by atoms with Gasteiger partial charge >= 0.3 is 11.6 Å². The molecule has 0 atom stereocenters. The van der Waals surface area contributed by atoms with E-state index < -0.39 is 17.5 Å². The molecule has 3 aromatic rings. The van der Waals surface area contributed by atoms with Crippen molar-refractivity contribution in [1.82, 2.24) is 0 Å². The van der Waals surface area contributed by atoms with Crippen molar-refractivity contribution < 1.29 is 23.5 Å². The normalized spacial score (nSPS) is 10.6. The first kappa shape index (κ1) is 19.2. The molecule has 0 aliphatic rings. The van der Waals surface area contributed by atoms with Crippen molar-refractivity contribution in [3.63, 3.8) is 0 Å². The number of fused-ring (bicyclic) bond motifs is 1. The number of primary amides is 1. The summed E-state index contributed by atoms with van der Waals surface area (Å²) in [7, 11) is 0. The van der Waals surface area contributed by atoms with Crippen molar-refractivity contribution in [2.24, 2.45) is 5.73 Å². The second-order valence-electron chi connectivity index (χ2n) is 6.35. The van der Waals surface area contributed by atoms with Crippen LogP contribution >= 0.6 is 0 Å². The molecule has 0 spiro atoms. The Labute approximate surface area is 160 Å². The van der Waals surface area contributed by atoms with Crippen LogP contribution in [0.3, 0.4) is 0 Å². The van der Waals surface area contributed by atoms with Gasteiger partial charge < -0.3 is 19.6 Å². The second kappa shape index (κ2) is 7.96. The molecule has 0 saturated carbocycles. The van der Waals surface area contributed by atoms with Crippen molar-refractivity contribution in [1.29, 1.82) is 0 Å². The van der Waals surface area contributed by atoms with Crippen molar-refractivity contribution >= 4 is 22.8 Å². The summed E-state index contributed by atoms with van der Waals surface area (Å²) in [4.78, 5) is 35.3. The van der Waals surface area contributed by atoms with Gasteiger partial charge in [0.05, 0.1) is 0 Å². The van der Waals surface area contributed by atoms with E-state index >= 15 is 0 Å². The molecular weight excluding hydrogens is 362 g/mol. The molecule has 7 nitrogen and oxygen atoms in total. The van der Waals surface area contributed by atoms with Gasteiger partial charge in [-0.1, -0.05) is 12.1 Å². The summed E-state index contributed by atoms with van der Waals surface area (Å²) >= 11 is 0. The molecule has 0 saturated heterocycles. The molecule has 0 fully saturated rings. The lowest BCUT2D eigenvalue weighted by atomic mass is 10.0. The number of nitrogens with two attached hydrogens (primary N) is 1. The van der Waals surface area contributed by atoms with E-state index in [4.69, 9.17) is 19.6 Å². The molecule has 3 rings (SSSR count). The van der Waals surface area contributed by atoms with Crippen LogP contribution in [0.4, 0.5) is 0 Å². The molecule has 2 N–H and O–H groups in total. The zero-order valence-electron chi connectivity index (χ0n) is 15.5. The van der Waals surface area contributed by atoms with Crippen LogP contribution in [0.5, 0.6) is 5.75 Å². The predicted octanol–water partition coefficient (Wildman–Crippen LogP) is 2.63. The Morgan fingerprint density at radius 3 is 2.54 bits per heavy atom. The van der Waals surface area contributed by atoms with E-state index in [1.54, 1.807) is 18.2 Å². The summed E-state index contributed by atoms with van der Waals surface area (Å²) in [5.74, 6) is -1.11. The number of aryl methyl sites for hydroxylation is 2. The fourth-order valence-corrected chi connectivity index (χ4v) is 2.73. The van der Waals surface area contributed by atoms with Gasteiger partial charge in [0.1, 0.15) is 23.5 Å². The number of esters is 1. The number of carbonyl (C=O) groups is 2. The fourth-order valence-electron chi connectivity index (χ4n) is 2.73. The van der Waals surface area contributed by atoms with Crippen molar-refractivity contribution in [3.8, 4) is 5.75 Å². The molecule has 0 radical (unpaired) electrons. The second-order valence-corrected chi connectivity index (χ2v) is 6.35. The zero-order chi connectivity index (χ0) is 20.3. The van der Waals surface area contributed by atoms with Gasteiger partial charge in [0, 0.05) is 17.0 Å². The quantitative estimate of drug-likeness (QED) is 0.519. The fraction of sp³-hybridized carbons (Fsp3) is 0.190. The Hall–Kier alpha value is -3.61. The minimum absolute atomic E-state index is 0.117. The molecule has 0 bridgehead atoms. The van der Waals surface area contributed by atoms with Crippen molar-refractivity contribution in [2.75, 3.05) is 6.61 Å². The van der Waals surface area contributed by atoms with Crippen LogP contribution in [-0.2, 0) is 16.1 Å². The Morgan fingerprint density at radius 2 is 1.79 bits per heavy atom. The average molecular weight is 381 g/mol. The summed E-state index contributed by atoms with van der Waals surface area (Å²) in [5.41, 5.74) is 7.70. The highest BCUT2D eigenvalue weighted by atomic mass is 16.5. The zero-order valence-corrected chi connectivity index (χ0v) is 15.5. The number of hydrogen-bond acceptors (Lipinski definition) is 6. The van der Waals surface area contributed by atoms with Crippen LogP contribution in [0.1, 0.15) is 27.0 Å². The van der Waals surface area contributed by atoms with E-state index in [2.05, 4.69) is 0 Å². The van der Waals surface area contributed by atoms with E-state index in [0.29, 0.717) is 16.5 Å². The minimum atomic E-state index is -0.656. The molecule has 1 aromatic heterocycles. The van der Waals surface area contributed by atoms with Crippen LogP contribution in [0.25, 0.3) is 11.0 Å². The van der Waals surface area contributed by atoms with E-state index in [0.717, 1.165) is 11.1 Å². The lowest BCUT2D eigenvalue weighted by Crippen LogP contribution is -2.21. The van der Waals surface area contributed by atoms with E-state index in [9.17, 15) is 14.4 Å². The number of para-hydroxylation sites is 1. The standard InChI is InChI=1S/C21H19NO6/c1-12-7-16-14(9-20(24)28-18(16)8-13(12)2)10-27-21(25)15-5-3-4-6-17(15)26-11-19(22)23/h3-9H,10-11H2,1-2H3,(H2,22,23). The molecule has 7 heteroatoms. The van der Waals surface area contributed by atoms with Crippen LogP contribution in [0.2, 0.25) is 0 Å². The molecular formula is C21H19NO6. The smallest absolute Gasteiger partial charge is 0.342 e. The van der Waals surface area contributed by atoms with E-state index in [1.807, 2.05) is 19.9 Å². The third kappa shape index (κ3) is 4.20. The first-order chi connectivity index (χ1) is 13.3. The van der Waals surface area contributed by atoms with Gasteiger partial charge in [0.2, 0.25) is 0 Å². The molecule has 1 heterocycles. The lowest BCUT2D eigenvalue weighted by Gasteiger charge is -2.11. The molecule has 2 aromatic carbocycles. The first-order valence-electron chi connectivity index (χ1n) is 8.56. The monoisotopic (exact) mass is 381 g/mol. The Bertz CT molecular complexity index is 1120. The highest BCUT2D eigenvalue weighted by Gasteiger charge is 2.16. The van der Waals surface area contributed by atoms with Crippen LogP contribution in [0, 0.1) is 13.8 Å². The third-order valence-corrected chi connectivity index (χ3v) is 4.28. The van der Waals surface area contributed by atoms with Crippen LogP contribution in [-0.4, -0.2) is 18.5 Å². The van der Waals surface area contributed by atoms with Crippen LogP contribution in [0.15, 0.2) is 51.7 Å². The maximum absolute atomic E-state index is 12.5. The van der Waals surface area contributed by atoms with Gasteiger partial charge in [-0.2, -0.15) is 0 Å². The van der Waals surface area contributed by atoms with Gasteiger partial charge in [0.25, 0.3) is 5.91 Å². The summed E-state index contributed by atoms with van der Waals surface area (Å²) in [6, 6.07) is 11.3. The van der Waals surface area contributed by atoms with Crippen LogP contribution < -0.4 is 16.1 Å². The Morgan fingerprint density at radius 1 is 1.07 bits per heavy atom. The Balaban J connectivity index is 1.85. The summed E-state index contributed by atoms with van der Waals surface area (Å²) < 4.78 is 15.9. The molecule has 28 heavy (non-hydrogen) atoms. The number of amides is 1. The van der Waals surface area contributed by atoms with Gasteiger partial charge in [0.15, 0.2) is 6.61 Å². The van der Waals surface area contributed by atoms with Gasteiger partial charge in [-0.05, 0) is 49.2 Å². The van der Waals surface area contributed by atoms with Gasteiger partial charge in [-0.25, -0.2) is 9.59 Å². The molecule has 1 amide bonds. The molecule has 0 aliphatic heterocycles. The van der Waals surface area contributed by atoms with Crippen molar-refractivity contribution in [3.05, 3.63) is 75.1 Å². The SMILES string of the molecule is Cc1cc2oc(=O)cc(COC(=O)c3ccccc3OCC(N)=O)c2cc1C. The number of benzene rings is 2. The first-order valence-corrected chi connectivity index (χ1v) is 8.56. The van der Waals surface area contributed by atoms with E-state index in [1.165, 1.54) is 18.2 Å². The summed E-state index contributed by atoms with van der Waals surface area (Å²) in [6.07, 6.45) is 0. The maximum Gasteiger partial charge on any atom is 0.342 e. The summed E-state index contributed by atoms with van der Waals surface area (Å²) in [6.45, 7) is 3.40. The largest absolute Gasteiger partial charge is 0.483 e. The van der Waals surface area contributed by atoms with Crippen molar-refractivity contribution in [2.45, 2.75) is 20.5 Å². The topological polar surface area (TPSA) is 109 Å². The van der Waals surface area contributed by atoms with Gasteiger partial charge in [-0.15, -0.1) is 0 Å². The number of carbonyl (C=O) groups excluding carboxylic acids is 2. The third-order valence-electron chi connectivity index (χ3n) is 4.28. The van der Waals surface area contributed by atoms with E-state index in [-0.39, 0.29) is 24.5 Å². The Kier molecular flexibility index (Phi) is 5.44. The average Bonchev–Trinajstić information content (AvgIpc) is 2.65. The number of hydrogen-bond donors (Lipinski definition) is 1. The number of rotatable bonds is 6. The molecule has 0 unspecified atom stereocenters. The highest BCUT2D eigenvalue weighted by molar-refractivity contribution is 5.93.